The summed E-state index contributed by atoms with van der Waals surface area (Å²) in [5, 5.41) is 12.2. The largest absolute Gasteiger partial charge is 0.497 e. The Kier molecular flexibility index (Phi) is 5.60. The van der Waals surface area contributed by atoms with Crippen LogP contribution in [-0.2, 0) is 22.4 Å². The summed E-state index contributed by atoms with van der Waals surface area (Å²) >= 11 is 0. The van der Waals surface area contributed by atoms with Crippen LogP contribution in [0.4, 0.5) is 11.6 Å². The Balaban J connectivity index is 1.29. The molecule has 0 unspecified atom stereocenters. The molecule has 2 aromatic carbocycles. The van der Waals surface area contributed by atoms with Crippen molar-refractivity contribution in [2.75, 3.05) is 24.4 Å². The molecule has 30 heavy (non-hydrogen) atoms. The topological polar surface area (TPSA) is 118 Å². The lowest BCUT2D eigenvalue weighted by Gasteiger charge is -2.17. The summed E-state index contributed by atoms with van der Waals surface area (Å²) in [6.45, 7) is -0.199. The molecule has 0 bridgehead atoms. The number of amides is 2. The Morgan fingerprint density at radius 3 is 2.73 bits per heavy atom. The predicted molar refractivity (Wildman–Crippen MR) is 110 cm³/mol. The first-order valence-corrected chi connectivity index (χ1v) is 9.49. The summed E-state index contributed by atoms with van der Waals surface area (Å²) in [5.41, 5.74) is 2.81. The second-order valence-electron chi connectivity index (χ2n) is 6.83. The maximum atomic E-state index is 12.2. The number of aryl methyl sites for hydroxylation is 1. The van der Waals surface area contributed by atoms with Crippen LogP contribution < -0.4 is 20.1 Å². The number of rotatable bonds is 7. The zero-order valence-corrected chi connectivity index (χ0v) is 16.4. The summed E-state index contributed by atoms with van der Waals surface area (Å²) in [4.78, 5) is 27.9. The lowest BCUT2D eigenvalue weighted by Crippen LogP contribution is -2.21. The van der Waals surface area contributed by atoms with Gasteiger partial charge in [0, 0.05) is 24.6 Å². The van der Waals surface area contributed by atoms with E-state index in [9.17, 15) is 9.59 Å². The van der Waals surface area contributed by atoms with Gasteiger partial charge in [0.05, 0.1) is 7.11 Å². The van der Waals surface area contributed by atoms with Crippen LogP contribution in [0.25, 0.3) is 0 Å². The van der Waals surface area contributed by atoms with Gasteiger partial charge >= 0.3 is 0 Å². The van der Waals surface area contributed by atoms with E-state index in [4.69, 9.17) is 9.47 Å². The average molecular weight is 407 g/mol. The van der Waals surface area contributed by atoms with E-state index in [-0.39, 0.29) is 24.4 Å². The summed E-state index contributed by atoms with van der Waals surface area (Å²) in [6, 6.07) is 13.0. The van der Waals surface area contributed by atoms with Crippen molar-refractivity contribution in [2.24, 2.45) is 0 Å². The van der Waals surface area contributed by atoms with Crippen molar-refractivity contribution in [3.8, 4) is 11.5 Å². The molecule has 0 atom stereocenters. The number of carbonyl (C=O) groups is 2. The number of carbonyl (C=O) groups excluding carboxylic acids is 2. The van der Waals surface area contributed by atoms with Crippen LogP contribution in [-0.4, -0.2) is 40.7 Å². The van der Waals surface area contributed by atoms with E-state index in [0.717, 1.165) is 22.6 Å². The highest BCUT2D eigenvalue weighted by Crippen LogP contribution is 2.27. The second kappa shape index (κ2) is 8.64. The Hall–Kier alpha value is -3.88. The quantitative estimate of drug-likeness (QED) is 0.553. The third-order valence-corrected chi connectivity index (χ3v) is 4.66. The smallest absolute Gasteiger partial charge is 0.264 e. The minimum atomic E-state index is -0.383. The van der Waals surface area contributed by atoms with Crippen molar-refractivity contribution in [2.45, 2.75) is 19.3 Å². The summed E-state index contributed by atoms with van der Waals surface area (Å²) < 4.78 is 10.7. The molecule has 0 fully saturated rings. The molecule has 0 saturated heterocycles. The summed E-state index contributed by atoms with van der Waals surface area (Å²) in [6.07, 6.45) is 1.72. The summed E-state index contributed by atoms with van der Waals surface area (Å²) in [5.74, 6) is 1.69. The normalized spacial score (nSPS) is 12.6. The SMILES string of the molecule is COc1ccc(Cc2nc(NC(=O)COc3ccc4c(c3)NC(=O)CC4)n[nH]2)cc1. The molecule has 0 aliphatic carbocycles. The number of H-pyrrole nitrogens is 1. The number of hydrogen-bond acceptors (Lipinski definition) is 6. The number of nitrogens with one attached hydrogen (secondary N) is 3. The van der Waals surface area contributed by atoms with Crippen molar-refractivity contribution in [3.63, 3.8) is 0 Å². The van der Waals surface area contributed by atoms with Gasteiger partial charge in [-0.25, -0.2) is 0 Å². The highest BCUT2D eigenvalue weighted by Gasteiger charge is 2.15. The van der Waals surface area contributed by atoms with Crippen LogP contribution in [0.1, 0.15) is 23.4 Å². The van der Waals surface area contributed by atoms with Gasteiger partial charge in [0.25, 0.3) is 5.91 Å². The number of aromatic nitrogens is 3. The number of nitrogens with zero attached hydrogens (tertiary/aromatic N) is 2. The molecule has 2 heterocycles. The number of hydrogen-bond donors (Lipinski definition) is 3. The molecule has 4 rings (SSSR count). The van der Waals surface area contributed by atoms with E-state index >= 15 is 0 Å². The minimum Gasteiger partial charge on any atom is -0.497 e. The van der Waals surface area contributed by atoms with Gasteiger partial charge in [0.1, 0.15) is 17.3 Å². The number of anilines is 2. The van der Waals surface area contributed by atoms with E-state index in [1.807, 2.05) is 30.3 Å². The van der Waals surface area contributed by atoms with E-state index < -0.39 is 0 Å². The highest BCUT2D eigenvalue weighted by molar-refractivity contribution is 5.94. The van der Waals surface area contributed by atoms with Gasteiger partial charge in [-0.1, -0.05) is 18.2 Å². The van der Waals surface area contributed by atoms with Gasteiger partial charge in [-0.3, -0.25) is 20.0 Å². The van der Waals surface area contributed by atoms with Crippen molar-refractivity contribution in [3.05, 3.63) is 59.4 Å². The molecule has 3 aromatic rings. The number of fused-ring (bicyclic) bond motifs is 1. The monoisotopic (exact) mass is 407 g/mol. The molecule has 0 spiro atoms. The van der Waals surface area contributed by atoms with Crippen LogP contribution in [0.3, 0.4) is 0 Å². The molecular formula is C21H21N5O4. The molecule has 9 nitrogen and oxygen atoms in total. The lowest BCUT2D eigenvalue weighted by atomic mass is 10.0. The minimum absolute atomic E-state index is 0.0209. The van der Waals surface area contributed by atoms with Gasteiger partial charge in [-0.15, -0.1) is 5.10 Å². The third kappa shape index (κ3) is 4.75. The van der Waals surface area contributed by atoms with Crippen LogP contribution in [0.2, 0.25) is 0 Å². The molecule has 1 aromatic heterocycles. The van der Waals surface area contributed by atoms with E-state index in [1.54, 1.807) is 19.2 Å². The number of benzene rings is 2. The maximum Gasteiger partial charge on any atom is 0.264 e. The lowest BCUT2D eigenvalue weighted by molar-refractivity contribution is -0.118. The van der Waals surface area contributed by atoms with Gasteiger partial charge in [0.15, 0.2) is 6.61 Å². The Morgan fingerprint density at radius 2 is 1.93 bits per heavy atom. The van der Waals surface area contributed by atoms with Crippen molar-refractivity contribution in [1.29, 1.82) is 0 Å². The fourth-order valence-corrected chi connectivity index (χ4v) is 3.12. The Bertz CT molecular complexity index is 1060. The van der Waals surface area contributed by atoms with Crippen molar-refractivity contribution < 1.29 is 19.1 Å². The van der Waals surface area contributed by atoms with Crippen molar-refractivity contribution >= 4 is 23.5 Å². The van der Waals surface area contributed by atoms with Crippen LogP contribution in [0.15, 0.2) is 42.5 Å². The first-order chi connectivity index (χ1) is 14.6. The van der Waals surface area contributed by atoms with Crippen LogP contribution >= 0.6 is 0 Å². The van der Waals surface area contributed by atoms with Crippen LogP contribution in [0, 0.1) is 0 Å². The molecule has 3 N–H and O–H groups in total. The standard InChI is InChI=1S/C21H21N5O4/c1-29-15-6-2-13(3-7-15)10-18-23-21(26-25-18)24-20(28)12-30-16-8-4-14-5-9-19(27)22-17(14)11-16/h2-4,6-8,11H,5,9-10,12H2,1H3,(H,22,27)(H2,23,24,25,26,28). The fraction of sp³-hybridized carbons (Fsp3) is 0.238. The Labute approximate surface area is 172 Å². The zero-order chi connectivity index (χ0) is 20.9. The number of methoxy groups -OCH3 is 1. The molecule has 2 amide bonds. The first-order valence-electron chi connectivity index (χ1n) is 9.49. The van der Waals surface area contributed by atoms with Gasteiger partial charge < -0.3 is 14.8 Å². The van der Waals surface area contributed by atoms with Gasteiger partial charge in [-0.2, -0.15) is 4.98 Å². The molecule has 154 valence electrons. The number of ether oxygens (including phenoxy) is 2. The molecule has 9 heteroatoms. The third-order valence-electron chi connectivity index (χ3n) is 4.66. The Morgan fingerprint density at radius 1 is 1.13 bits per heavy atom. The highest BCUT2D eigenvalue weighted by atomic mass is 16.5. The van der Waals surface area contributed by atoms with E-state index in [2.05, 4.69) is 25.8 Å². The van der Waals surface area contributed by atoms with Gasteiger partial charge in [0.2, 0.25) is 11.9 Å². The molecule has 1 aliphatic rings. The average Bonchev–Trinajstić information content (AvgIpc) is 3.19. The van der Waals surface area contributed by atoms with Gasteiger partial charge in [-0.05, 0) is 35.7 Å². The number of aromatic amines is 1. The van der Waals surface area contributed by atoms with Crippen LogP contribution in [0.5, 0.6) is 11.5 Å². The first kappa shape index (κ1) is 19.4. The van der Waals surface area contributed by atoms with Crippen molar-refractivity contribution in [1.82, 2.24) is 15.2 Å². The molecule has 0 saturated carbocycles. The van der Waals surface area contributed by atoms with E-state index in [1.165, 1.54) is 0 Å². The summed E-state index contributed by atoms with van der Waals surface area (Å²) in [7, 11) is 1.62. The second-order valence-corrected chi connectivity index (χ2v) is 6.83. The fourth-order valence-electron chi connectivity index (χ4n) is 3.12. The van der Waals surface area contributed by atoms with E-state index in [0.29, 0.717) is 30.8 Å². The zero-order valence-electron chi connectivity index (χ0n) is 16.4. The predicted octanol–water partition coefficient (Wildman–Crippen LogP) is 2.31. The molecular weight excluding hydrogens is 386 g/mol. The maximum absolute atomic E-state index is 12.2. The molecule has 1 aliphatic heterocycles. The molecule has 0 radical (unpaired) electrons.